The van der Waals surface area contributed by atoms with E-state index in [4.69, 9.17) is 0 Å². The number of hydrogen-bond acceptors (Lipinski definition) is 7. The summed E-state index contributed by atoms with van der Waals surface area (Å²) in [6.07, 6.45) is 1.97. The minimum atomic E-state index is -3.71. The minimum Gasteiger partial charge on any atom is -0.299 e. The first kappa shape index (κ1) is 19.6. The molecule has 136 valence electrons. The van der Waals surface area contributed by atoms with Gasteiger partial charge in [0.25, 0.3) is 0 Å². The summed E-state index contributed by atoms with van der Waals surface area (Å²) in [5, 5.41) is 10.6. The van der Waals surface area contributed by atoms with Gasteiger partial charge in [-0.2, -0.15) is 0 Å². The molecule has 0 bridgehead atoms. The molecule has 0 unspecified atom stereocenters. The van der Waals surface area contributed by atoms with Crippen molar-refractivity contribution in [1.82, 2.24) is 10.2 Å². The maximum Gasteiger partial charge on any atom is 0.246 e. The third-order valence-corrected chi connectivity index (χ3v) is 6.20. The summed E-state index contributed by atoms with van der Waals surface area (Å²) in [6.45, 7) is 1.60. The monoisotopic (exact) mass is 404 g/mol. The highest BCUT2D eigenvalue weighted by Gasteiger charge is 2.21. The fourth-order valence-electron chi connectivity index (χ4n) is 1.80. The number of carbonyl (C=O) groups excluding carboxylic acids is 1. The highest BCUT2D eigenvalue weighted by Crippen LogP contribution is 2.26. The van der Waals surface area contributed by atoms with E-state index >= 15 is 0 Å². The number of rotatable bonds is 8. The van der Waals surface area contributed by atoms with Crippen LogP contribution >= 0.6 is 23.1 Å². The molecule has 0 atom stereocenters. The van der Waals surface area contributed by atoms with Crippen LogP contribution in [0.4, 0.5) is 15.2 Å². The van der Waals surface area contributed by atoms with Gasteiger partial charge in [-0.1, -0.05) is 30.0 Å². The highest BCUT2D eigenvalue weighted by molar-refractivity contribution is 8.01. The predicted octanol–water partition coefficient (Wildman–Crippen LogP) is 2.58. The summed E-state index contributed by atoms with van der Waals surface area (Å²) in [7, 11) is -3.71. The Balaban J connectivity index is 2.07. The van der Waals surface area contributed by atoms with Gasteiger partial charge in [0, 0.05) is 5.75 Å². The molecule has 11 heteroatoms. The summed E-state index contributed by atoms with van der Waals surface area (Å²) >= 11 is 2.76. The number of thioether (sulfide) groups is 1. The molecule has 1 aromatic heterocycles. The summed E-state index contributed by atoms with van der Waals surface area (Å²) < 4.78 is 38.6. The van der Waals surface area contributed by atoms with Crippen LogP contribution in [0.3, 0.4) is 0 Å². The summed E-state index contributed by atoms with van der Waals surface area (Å²) in [5.74, 6) is -0.153. The molecule has 2 aromatic rings. The Morgan fingerprint density at radius 2 is 2.00 bits per heavy atom. The maximum atomic E-state index is 13.0. The van der Waals surface area contributed by atoms with Crippen molar-refractivity contribution < 1.29 is 17.6 Å². The zero-order valence-corrected chi connectivity index (χ0v) is 16.0. The molecule has 2 rings (SSSR count). The Labute approximate surface area is 153 Å². The van der Waals surface area contributed by atoms with Gasteiger partial charge in [-0.25, -0.2) is 12.8 Å². The normalized spacial score (nSPS) is 11.3. The molecular weight excluding hydrogens is 387 g/mol. The Morgan fingerprint density at radius 1 is 1.32 bits per heavy atom. The van der Waals surface area contributed by atoms with Gasteiger partial charge in [0.05, 0.1) is 11.9 Å². The molecule has 0 saturated carbocycles. The second kappa shape index (κ2) is 8.59. The first-order valence-electron chi connectivity index (χ1n) is 7.29. The molecule has 0 radical (unpaired) electrons. The number of hydrogen-bond donors (Lipinski definition) is 1. The Kier molecular flexibility index (Phi) is 6.73. The summed E-state index contributed by atoms with van der Waals surface area (Å²) in [5.41, 5.74) is 0.204. The van der Waals surface area contributed by atoms with E-state index in [0.717, 1.165) is 39.2 Å². The van der Waals surface area contributed by atoms with E-state index in [1.165, 1.54) is 35.2 Å². The predicted molar refractivity (Wildman–Crippen MR) is 98.1 cm³/mol. The molecule has 0 aliphatic carbocycles. The Hall–Kier alpha value is -1.72. The van der Waals surface area contributed by atoms with Crippen LogP contribution in [0.15, 0.2) is 28.6 Å². The van der Waals surface area contributed by atoms with Gasteiger partial charge in [-0.05, 0) is 30.7 Å². The van der Waals surface area contributed by atoms with Crippen LogP contribution in [0.1, 0.15) is 13.3 Å². The molecule has 0 spiro atoms. The molecule has 0 fully saturated rings. The van der Waals surface area contributed by atoms with Crippen LogP contribution in [0, 0.1) is 5.82 Å². The van der Waals surface area contributed by atoms with E-state index in [9.17, 15) is 17.6 Å². The quantitative estimate of drug-likeness (QED) is 0.537. The van der Waals surface area contributed by atoms with Crippen LogP contribution in [0.2, 0.25) is 0 Å². The standard InChI is InChI=1S/C14H17FN4O3S3/c1-3-8-23-14-18-17-13(24-14)16-12(20)9-19(25(2,21)22)11-6-4-10(15)5-7-11/h4-7H,3,8-9H2,1-2H3,(H,16,17,20). The number of benzene rings is 1. The van der Waals surface area contributed by atoms with Gasteiger partial charge in [-0.15, -0.1) is 10.2 Å². The third kappa shape index (κ3) is 5.94. The van der Waals surface area contributed by atoms with Crippen molar-refractivity contribution in [3.63, 3.8) is 0 Å². The highest BCUT2D eigenvalue weighted by atomic mass is 32.2. The number of carbonyl (C=O) groups is 1. The molecule has 7 nitrogen and oxygen atoms in total. The average Bonchev–Trinajstić information content (AvgIpc) is 2.98. The number of halogens is 1. The van der Waals surface area contributed by atoms with E-state index in [0.29, 0.717) is 5.13 Å². The second-order valence-corrected chi connectivity index (χ2v) is 9.24. The van der Waals surface area contributed by atoms with Crippen molar-refractivity contribution in [2.45, 2.75) is 17.7 Å². The van der Waals surface area contributed by atoms with Crippen molar-refractivity contribution in [3.05, 3.63) is 30.1 Å². The largest absolute Gasteiger partial charge is 0.299 e. The zero-order chi connectivity index (χ0) is 18.4. The fourth-order valence-corrected chi connectivity index (χ4v) is 4.35. The lowest BCUT2D eigenvalue weighted by Gasteiger charge is -2.21. The van der Waals surface area contributed by atoms with Gasteiger partial charge < -0.3 is 0 Å². The number of anilines is 2. The zero-order valence-electron chi connectivity index (χ0n) is 13.6. The lowest BCUT2D eigenvalue weighted by Crippen LogP contribution is -2.37. The van der Waals surface area contributed by atoms with Crippen molar-refractivity contribution in [2.24, 2.45) is 0 Å². The van der Waals surface area contributed by atoms with Crippen LogP contribution in [0.25, 0.3) is 0 Å². The molecule has 1 heterocycles. The van der Waals surface area contributed by atoms with Crippen LogP contribution in [-0.4, -0.2) is 43.1 Å². The van der Waals surface area contributed by atoms with Crippen molar-refractivity contribution in [1.29, 1.82) is 0 Å². The molecule has 1 amide bonds. The third-order valence-electron chi connectivity index (χ3n) is 2.88. The van der Waals surface area contributed by atoms with Crippen LogP contribution in [-0.2, 0) is 14.8 Å². The molecule has 0 aliphatic heterocycles. The van der Waals surface area contributed by atoms with Gasteiger partial charge in [0.15, 0.2) is 4.34 Å². The molecule has 0 aliphatic rings. The maximum absolute atomic E-state index is 13.0. The van der Waals surface area contributed by atoms with Gasteiger partial charge in [0.1, 0.15) is 12.4 Å². The fraction of sp³-hybridized carbons (Fsp3) is 0.357. The number of nitrogens with zero attached hydrogens (tertiary/aromatic N) is 3. The molecule has 25 heavy (non-hydrogen) atoms. The van der Waals surface area contributed by atoms with Crippen LogP contribution in [0.5, 0.6) is 0 Å². The molecule has 1 N–H and O–H groups in total. The van der Waals surface area contributed by atoms with E-state index in [1.54, 1.807) is 0 Å². The van der Waals surface area contributed by atoms with Crippen molar-refractivity contribution >= 4 is 49.8 Å². The van der Waals surface area contributed by atoms with Crippen LogP contribution < -0.4 is 9.62 Å². The topological polar surface area (TPSA) is 92.3 Å². The second-order valence-electron chi connectivity index (χ2n) is 5.02. The number of aromatic nitrogens is 2. The van der Waals surface area contributed by atoms with E-state index in [1.807, 2.05) is 6.92 Å². The minimum absolute atomic E-state index is 0.204. The summed E-state index contributed by atoms with van der Waals surface area (Å²) in [6, 6.07) is 4.86. The molecular formula is C14H17FN4O3S3. The van der Waals surface area contributed by atoms with Crippen molar-refractivity contribution in [3.8, 4) is 0 Å². The number of amides is 1. The lowest BCUT2D eigenvalue weighted by molar-refractivity contribution is -0.114. The lowest BCUT2D eigenvalue weighted by atomic mass is 10.3. The number of nitrogens with one attached hydrogen (secondary N) is 1. The Bertz CT molecular complexity index is 824. The molecule has 1 aromatic carbocycles. The van der Waals surface area contributed by atoms with E-state index in [2.05, 4.69) is 15.5 Å². The summed E-state index contributed by atoms with van der Waals surface area (Å²) in [4.78, 5) is 12.2. The first-order chi connectivity index (χ1) is 11.8. The average molecular weight is 405 g/mol. The van der Waals surface area contributed by atoms with E-state index < -0.39 is 28.3 Å². The van der Waals surface area contributed by atoms with Gasteiger partial charge in [-0.3, -0.25) is 14.4 Å². The Morgan fingerprint density at radius 3 is 2.60 bits per heavy atom. The van der Waals surface area contributed by atoms with Gasteiger partial charge >= 0.3 is 0 Å². The smallest absolute Gasteiger partial charge is 0.246 e. The SMILES string of the molecule is CCCSc1nnc(NC(=O)CN(c2ccc(F)cc2)S(C)(=O)=O)s1. The van der Waals surface area contributed by atoms with Gasteiger partial charge in [0.2, 0.25) is 21.1 Å². The number of sulfonamides is 1. The first-order valence-corrected chi connectivity index (χ1v) is 10.9. The van der Waals surface area contributed by atoms with E-state index in [-0.39, 0.29) is 5.69 Å². The van der Waals surface area contributed by atoms with Crippen molar-refractivity contribution in [2.75, 3.05) is 28.2 Å². The molecule has 0 saturated heterocycles.